The fraction of sp³-hybridized carbons (Fsp3) is 0.321. The maximum Gasteiger partial charge on any atom is 0.229 e. The maximum absolute atomic E-state index is 12.9. The van der Waals surface area contributed by atoms with Gasteiger partial charge in [0.05, 0.1) is 30.9 Å². The van der Waals surface area contributed by atoms with Gasteiger partial charge in [-0.1, -0.05) is 23.7 Å². The second-order valence-electron chi connectivity index (χ2n) is 10.3. The van der Waals surface area contributed by atoms with Crippen molar-refractivity contribution in [3.8, 4) is 16.9 Å². The molecule has 0 saturated carbocycles. The number of piperazine rings is 1. The number of rotatable bonds is 8. The smallest absolute Gasteiger partial charge is 0.229 e. The highest BCUT2D eigenvalue weighted by Gasteiger charge is 2.22. The number of nitrogens with one attached hydrogen (secondary N) is 2. The van der Waals surface area contributed by atoms with Gasteiger partial charge in [-0.05, 0) is 38.6 Å². The molecule has 0 unspecified atom stereocenters. The number of anilines is 5. The van der Waals surface area contributed by atoms with Gasteiger partial charge in [0.25, 0.3) is 0 Å². The third kappa shape index (κ3) is 6.09. The van der Waals surface area contributed by atoms with E-state index < -0.39 is 7.14 Å². The van der Waals surface area contributed by atoms with Crippen molar-refractivity contribution in [2.24, 2.45) is 7.05 Å². The molecule has 4 aromatic rings. The zero-order valence-corrected chi connectivity index (χ0v) is 25.0. The molecule has 3 heterocycles. The van der Waals surface area contributed by atoms with Crippen molar-refractivity contribution in [3.63, 3.8) is 0 Å². The van der Waals surface area contributed by atoms with Crippen molar-refractivity contribution >= 4 is 52.9 Å². The second kappa shape index (κ2) is 11.5. The van der Waals surface area contributed by atoms with Crippen LogP contribution in [0.25, 0.3) is 11.1 Å². The van der Waals surface area contributed by atoms with Crippen LogP contribution in [0.4, 0.5) is 28.8 Å². The van der Waals surface area contributed by atoms with Crippen LogP contribution in [0.1, 0.15) is 0 Å². The molecule has 1 aliphatic rings. The molecule has 5 rings (SSSR count). The number of aromatic nitrogens is 4. The Kier molecular flexibility index (Phi) is 8.03. The molecule has 2 N–H and O–H groups in total. The molecule has 10 nitrogen and oxygen atoms in total. The van der Waals surface area contributed by atoms with Crippen LogP contribution in [-0.2, 0) is 11.6 Å². The number of ether oxygens (including phenoxy) is 1. The van der Waals surface area contributed by atoms with Crippen LogP contribution in [0.3, 0.4) is 0 Å². The molecule has 1 saturated heterocycles. The fourth-order valence-electron chi connectivity index (χ4n) is 4.75. The third-order valence-electron chi connectivity index (χ3n) is 6.91. The molecule has 0 aliphatic carbocycles. The molecule has 1 aliphatic heterocycles. The van der Waals surface area contributed by atoms with Crippen molar-refractivity contribution < 1.29 is 9.30 Å². The minimum absolute atomic E-state index is 0.336. The van der Waals surface area contributed by atoms with Gasteiger partial charge < -0.3 is 29.7 Å². The van der Waals surface area contributed by atoms with Gasteiger partial charge >= 0.3 is 0 Å². The van der Waals surface area contributed by atoms with Crippen LogP contribution in [-0.4, -0.2) is 78.3 Å². The molecular formula is C28H34ClN8O2P. The van der Waals surface area contributed by atoms with Crippen LogP contribution in [0, 0.1) is 0 Å². The van der Waals surface area contributed by atoms with E-state index in [9.17, 15) is 4.57 Å². The van der Waals surface area contributed by atoms with Gasteiger partial charge in [0, 0.05) is 67.6 Å². The molecule has 0 radical (unpaired) electrons. The van der Waals surface area contributed by atoms with Crippen LogP contribution in [0.5, 0.6) is 5.75 Å². The zero-order valence-electron chi connectivity index (χ0n) is 23.3. The lowest BCUT2D eigenvalue weighted by Gasteiger charge is -2.35. The minimum atomic E-state index is -2.53. The lowest BCUT2D eigenvalue weighted by molar-refractivity contribution is 0.313. The van der Waals surface area contributed by atoms with Gasteiger partial charge in [-0.25, -0.2) is 4.98 Å². The average molecular weight is 581 g/mol. The van der Waals surface area contributed by atoms with Gasteiger partial charge in [-0.15, -0.1) is 0 Å². The molecule has 210 valence electrons. The summed E-state index contributed by atoms with van der Waals surface area (Å²) < 4.78 is 20.5. The predicted molar refractivity (Wildman–Crippen MR) is 164 cm³/mol. The van der Waals surface area contributed by atoms with E-state index in [0.717, 1.165) is 48.3 Å². The summed E-state index contributed by atoms with van der Waals surface area (Å²) in [6.45, 7) is 7.27. The van der Waals surface area contributed by atoms with E-state index in [1.54, 1.807) is 25.1 Å². The van der Waals surface area contributed by atoms with Crippen LogP contribution in [0.15, 0.2) is 55.0 Å². The predicted octanol–water partition coefficient (Wildman–Crippen LogP) is 5.03. The van der Waals surface area contributed by atoms with Gasteiger partial charge in [0.15, 0.2) is 5.82 Å². The number of benzene rings is 2. The summed E-state index contributed by atoms with van der Waals surface area (Å²) in [5, 5.41) is 12.0. The highest BCUT2D eigenvalue weighted by atomic mass is 35.5. The molecular weight excluding hydrogens is 547 g/mol. The normalized spacial score (nSPS) is 14.3. The summed E-state index contributed by atoms with van der Waals surface area (Å²) >= 11 is 6.47. The molecule has 1 fully saturated rings. The fourth-order valence-corrected chi connectivity index (χ4v) is 6.04. The van der Waals surface area contributed by atoms with E-state index >= 15 is 0 Å². The van der Waals surface area contributed by atoms with Crippen LogP contribution >= 0.6 is 18.7 Å². The van der Waals surface area contributed by atoms with Crippen molar-refractivity contribution in [1.29, 1.82) is 0 Å². The van der Waals surface area contributed by atoms with Crippen molar-refractivity contribution in [1.82, 2.24) is 24.6 Å². The summed E-state index contributed by atoms with van der Waals surface area (Å²) in [6.07, 6.45) is 5.40. The number of para-hydroxylation sites is 1. The first-order valence-corrected chi connectivity index (χ1v) is 16.0. The minimum Gasteiger partial charge on any atom is -0.494 e. The first-order valence-electron chi connectivity index (χ1n) is 13.0. The first-order chi connectivity index (χ1) is 19.1. The Balaban J connectivity index is 1.51. The average Bonchev–Trinajstić information content (AvgIpc) is 3.36. The highest BCUT2D eigenvalue weighted by molar-refractivity contribution is 7.70. The monoisotopic (exact) mass is 580 g/mol. The van der Waals surface area contributed by atoms with E-state index in [2.05, 4.69) is 48.6 Å². The van der Waals surface area contributed by atoms with E-state index in [4.69, 9.17) is 16.3 Å². The topological polar surface area (TPSA) is 100 Å². The quantitative estimate of drug-likeness (QED) is 0.278. The van der Waals surface area contributed by atoms with Gasteiger partial charge in [0.1, 0.15) is 17.9 Å². The molecule has 2 aromatic carbocycles. The highest BCUT2D eigenvalue weighted by Crippen LogP contribution is 2.41. The Labute approximate surface area is 239 Å². The standard InChI is InChI=1S/C28H34ClN8O2P/c1-35-10-12-37(13-11-35)24-15-25(39-3)23(14-20(24)19-16-31-36(2)18-19)33-28-30-17-21(29)27(34-28)32-22-8-6-7-9-26(22)40(4,5)38/h6-9,14-18H,10-13H2,1-5H3,(H2,30,32,33,34). The Morgan fingerprint density at radius 3 is 2.42 bits per heavy atom. The molecule has 0 bridgehead atoms. The molecule has 0 atom stereocenters. The van der Waals surface area contributed by atoms with Crippen molar-refractivity contribution in [2.45, 2.75) is 0 Å². The summed E-state index contributed by atoms with van der Waals surface area (Å²) in [6, 6.07) is 11.6. The van der Waals surface area contributed by atoms with E-state index in [-0.39, 0.29) is 0 Å². The van der Waals surface area contributed by atoms with Gasteiger partial charge in [-0.2, -0.15) is 10.1 Å². The van der Waals surface area contributed by atoms with Crippen molar-refractivity contribution in [3.05, 3.63) is 60.0 Å². The van der Waals surface area contributed by atoms with Crippen LogP contribution in [0.2, 0.25) is 5.02 Å². The second-order valence-corrected chi connectivity index (χ2v) is 13.9. The summed E-state index contributed by atoms with van der Waals surface area (Å²) in [7, 11) is 3.17. The first kappa shape index (κ1) is 28.0. The lowest BCUT2D eigenvalue weighted by Crippen LogP contribution is -2.44. The Hall–Kier alpha value is -3.59. The summed E-state index contributed by atoms with van der Waals surface area (Å²) in [5.41, 5.74) is 4.52. The molecule has 12 heteroatoms. The van der Waals surface area contributed by atoms with E-state index in [1.807, 2.05) is 49.8 Å². The molecule has 2 aromatic heterocycles. The van der Waals surface area contributed by atoms with E-state index in [1.165, 1.54) is 6.20 Å². The Morgan fingerprint density at radius 2 is 1.75 bits per heavy atom. The number of hydrogen-bond acceptors (Lipinski definition) is 9. The third-order valence-corrected chi connectivity index (χ3v) is 8.73. The Morgan fingerprint density at radius 1 is 1.00 bits per heavy atom. The number of methoxy groups -OCH3 is 1. The zero-order chi connectivity index (χ0) is 28.4. The number of nitrogens with zero attached hydrogens (tertiary/aromatic N) is 6. The molecule has 0 amide bonds. The number of likely N-dealkylation sites (N-methyl/N-ethyl adjacent to an activating group) is 1. The summed E-state index contributed by atoms with van der Waals surface area (Å²) in [4.78, 5) is 13.8. The number of hydrogen-bond donors (Lipinski definition) is 2. The summed E-state index contributed by atoms with van der Waals surface area (Å²) in [5.74, 6) is 1.40. The molecule has 40 heavy (non-hydrogen) atoms. The number of aryl methyl sites for hydroxylation is 1. The van der Waals surface area contributed by atoms with Crippen molar-refractivity contribution in [2.75, 3.05) is 69.2 Å². The number of halogens is 1. The van der Waals surface area contributed by atoms with E-state index in [0.29, 0.717) is 33.9 Å². The van der Waals surface area contributed by atoms with Gasteiger partial charge in [0.2, 0.25) is 5.95 Å². The maximum atomic E-state index is 12.9. The largest absolute Gasteiger partial charge is 0.494 e. The molecule has 0 spiro atoms. The van der Waals surface area contributed by atoms with Crippen LogP contribution < -0.4 is 25.6 Å². The van der Waals surface area contributed by atoms with Gasteiger partial charge in [-0.3, -0.25) is 4.68 Å². The lowest BCUT2D eigenvalue weighted by atomic mass is 10.0. The Bertz CT molecular complexity index is 1560. The SMILES string of the molecule is COc1cc(N2CCN(C)CC2)c(-c2cnn(C)c2)cc1Nc1ncc(Cl)c(Nc2ccccc2P(C)(C)=O)n1.